The second-order valence-corrected chi connectivity index (χ2v) is 12.5. The number of thioether (sulfide) groups is 1. The van der Waals surface area contributed by atoms with Crippen molar-refractivity contribution >= 4 is 64.9 Å². The lowest BCUT2D eigenvalue weighted by Crippen LogP contribution is -2.61. The summed E-state index contributed by atoms with van der Waals surface area (Å²) in [7, 11) is 0. The lowest BCUT2D eigenvalue weighted by atomic mass is 10.0. The second-order valence-electron chi connectivity index (χ2n) is 11.5. The van der Waals surface area contributed by atoms with Gasteiger partial charge in [-0.15, -0.1) is 0 Å². The van der Waals surface area contributed by atoms with Crippen LogP contribution < -0.4 is 49.1 Å². The normalized spacial score (nSPS) is 14.2. The minimum Gasteiger partial charge on any atom is -0.394 e. The molecule has 0 saturated carbocycles. The van der Waals surface area contributed by atoms with E-state index in [1.54, 1.807) is 36.6 Å². The second kappa shape index (κ2) is 23.2. The fourth-order valence-corrected chi connectivity index (χ4v) is 5.01. The van der Waals surface area contributed by atoms with Crippen LogP contribution in [-0.4, -0.2) is 125 Å². The van der Waals surface area contributed by atoms with Gasteiger partial charge >= 0.3 is 0 Å². The standard InChI is InChI=1S/C31H47N9O11S/c1-16(43)35-22(14-41)30(50)38-20(12-17-6-4-3-5-7-17)28(48)40-23(15-42)31(51)39-21(13-25(33)45)29(49)37-19(8-9-24(32)44)27(47)36-18(26(34)46)10-11-52-2/h3-7,18-23,41-42H,8-15H2,1-2H3,(H2,32,44)(H2,33,45)(H2,34,46)(H,35,43)(H,36,47)(H,37,49)(H,38,50)(H,39,51)(H,40,48)/t18-,19-,20-,21-,22-,23-/m0/s1. The summed E-state index contributed by atoms with van der Waals surface area (Å²) in [6.07, 6.45) is 0.234. The van der Waals surface area contributed by atoms with Gasteiger partial charge in [-0.25, -0.2) is 0 Å². The third-order valence-electron chi connectivity index (χ3n) is 7.23. The number of hydrogen-bond acceptors (Lipinski definition) is 12. The quantitative estimate of drug-likeness (QED) is 0.0471. The van der Waals surface area contributed by atoms with Gasteiger partial charge in [-0.3, -0.25) is 43.2 Å². The average molecular weight is 754 g/mol. The predicted octanol–water partition coefficient (Wildman–Crippen LogP) is -5.48. The van der Waals surface area contributed by atoms with E-state index in [-0.39, 0.29) is 25.7 Å². The number of aliphatic hydroxyl groups excluding tert-OH is 2. The fraction of sp³-hybridized carbons (Fsp3) is 0.516. The van der Waals surface area contributed by atoms with Gasteiger partial charge in [-0.05, 0) is 30.4 Å². The Morgan fingerprint density at radius 2 is 1.08 bits per heavy atom. The van der Waals surface area contributed by atoms with Gasteiger partial charge in [0.2, 0.25) is 53.2 Å². The van der Waals surface area contributed by atoms with E-state index >= 15 is 0 Å². The van der Waals surface area contributed by atoms with Gasteiger partial charge in [0, 0.05) is 19.8 Å². The van der Waals surface area contributed by atoms with Crippen molar-refractivity contribution in [3.63, 3.8) is 0 Å². The first-order valence-corrected chi connectivity index (χ1v) is 17.3. The number of benzene rings is 1. The molecule has 0 unspecified atom stereocenters. The highest BCUT2D eigenvalue weighted by molar-refractivity contribution is 7.98. The highest BCUT2D eigenvalue weighted by atomic mass is 32.2. The molecule has 9 amide bonds. The summed E-state index contributed by atoms with van der Waals surface area (Å²) in [6.45, 7) is -0.720. The molecule has 0 radical (unpaired) electrons. The molecule has 1 aromatic carbocycles. The molecule has 21 heteroatoms. The zero-order valence-electron chi connectivity index (χ0n) is 28.7. The molecule has 20 nitrogen and oxygen atoms in total. The van der Waals surface area contributed by atoms with Crippen molar-refractivity contribution in [1.29, 1.82) is 0 Å². The molecular formula is C31H47N9O11S. The van der Waals surface area contributed by atoms with E-state index in [0.717, 1.165) is 6.92 Å². The van der Waals surface area contributed by atoms with Gasteiger partial charge in [0.1, 0.15) is 36.3 Å². The molecule has 0 saturated heterocycles. The molecule has 1 aromatic rings. The summed E-state index contributed by atoms with van der Waals surface area (Å²) in [5.74, 6) is -8.10. The van der Waals surface area contributed by atoms with Crippen molar-refractivity contribution in [2.75, 3.05) is 25.2 Å². The maximum Gasteiger partial charge on any atom is 0.245 e. The Labute approximate surface area is 303 Å². The van der Waals surface area contributed by atoms with E-state index in [4.69, 9.17) is 17.2 Å². The number of primary amides is 3. The minimum absolute atomic E-state index is 0.133. The molecule has 0 aromatic heterocycles. The number of rotatable bonds is 24. The van der Waals surface area contributed by atoms with Crippen LogP contribution >= 0.6 is 11.8 Å². The molecule has 0 aliphatic carbocycles. The number of amides is 9. The molecule has 52 heavy (non-hydrogen) atoms. The molecule has 14 N–H and O–H groups in total. The van der Waals surface area contributed by atoms with E-state index in [0.29, 0.717) is 11.3 Å². The van der Waals surface area contributed by atoms with Crippen LogP contribution in [0.15, 0.2) is 30.3 Å². The fourth-order valence-electron chi connectivity index (χ4n) is 4.54. The Balaban J connectivity index is 3.23. The molecule has 0 spiro atoms. The first-order chi connectivity index (χ1) is 24.5. The van der Waals surface area contributed by atoms with Crippen molar-refractivity contribution in [1.82, 2.24) is 31.9 Å². The van der Waals surface area contributed by atoms with Gasteiger partial charge in [-0.1, -0.05) is 30.3 Å². The number of nitrogens with two attached hydrogens (primary N) is 3. The Morgan fingerprint density at radius 3 is 1.58 bits per heavy atom. The van der Waals surface area contributed by atoms with Crippen molar-refractivity contribution in [3.05, 3.63) is 35.9 Å². The van der Waals surface area contributed by atoms with Crippen LogP contribution in [0.4, 0.5) is 0 Å². The third-order valence-corrected chi connectivity index (χ3v) is 7.87. The van der Waals surface area contributed by atoms with Gasteiger partial charge in [0.05, 0.1) is 19.6 Å². The molecule has 0 aliphatic rings. The summed E-state index contributed by atoms with van der Waals surface area (Å²) >= 11 is 1.38. The minimum atomic E-state index is -1.77. The predicted molar refractivity (Wildman–Crippen MR) is 186 cm³/mol. The summed E-state index contributed by atoms with van der Waals surface area (Å²) in [6, 6.07) is -0.675. The van der Waals surface area contributed by atoms with Gasteiger partial charge in [-0.2, -0.15) is 11.8 Å². The largest absolute Gasteiger partial charge is 0.394 e. The average Bonchev–Trinajstić information content (AvgIpc) is 3.08. The van der Waals surface area contributed by atoms with E-state index in [1.807, 2.05) is 0 Å². The van der Waals surface area contributed by atoms with Crippen LogP contribution in [0.3, 0.4) is 0 Å². The van der Waals surface area contributed by atoms with Crippen molar-refractivity contribution in [2.24, 2.45) is 17.2 Å². The molecule has 6 atom stereocenters. The monoisotopic (exact) mass is 753 g/mol. The first-order valence-electron chi connectivity index (χ1n) is 15.9. The molecule has 1 rings (SSSR count). The van der Waals surface area contributed by atoms with E-state index < -0.39 is 109 Å². The molecule has 0 heterocycles. The van der Waals surface area contributed by atoms with Crippen LogP contribution in [0.1, 0.15) is 38.2 Å². The highest BCUT2D eigenvalue weighted by Gasteiger charge is 2.33. The zero-order valence-corrected chi connectivity index (χ0v) is 29.5. The maximum absolute atomic E-state index is 13.4. The summed E-state index contributed by atoms with van der Waals surface area (Å²) in [5.41, 5.74) is 16.4. The molecule has 0 fully saturated rings. The topological polar surface area (TPSA) is 344 Å². The number of nitrogens with one attached hydrogen (secondary N) is 6. The summed E-state index contributed by atoms with van der Waals surface area (Å²) in [5, 5.41) is 33.3. The van der Waals surface area contributed by atoms with Crippen LogP contribution in [0.25, 0.3) is 0 Å². The van der Waals surface area contributed by atoms with E-state index in [1.165, 1.54) is 11.8 Å². The van der Waals surface area contributed by atoms with E-state index in [2.05, 4.69) is 31.9 Å². The SMILES string of the molecule is CSCC[C@H](NC(=O)[C@H](CCC(N)=O)NC(=O)[C@H](CC(N)=O)NC(=O)[C@H](CO)NC(=O)[C@H](Cc1ccccc1)NC(=O)[C@H](CO)NC(C)=O)C(N)=O. The first kappa shape index (κ1) is 44.7. The molecule has 0 aliphatic heterocycles. The van der Waals surface area contributed by atoms with Crippen molar-refractivity contribution in [2.45, 2.75) is 75.3 Å². The maximum atomic E-state index is 13.4. The van der Waals surface area contributed by atoms with Gasteiger partial charge in [0.25, 0.3) is 0 Å². The number of carbonyl (C=O) groups excluding carboxylic acids is 9. The Bertz CT molecular complexity index is 1430. The smallest absolute Gasteiger partial charge is 0.245 e. The number of aliphatic hydroxyl groups is 2. The van der Waals surface area contributed by atoms with Crippen LogP contribution in [0.5, 0.6) is 0 Å². The third kappa shape index (κ3) is 16.6. The van der Waals surface area contributed by atoms with Crippen LogP contribution in [-0.2, 0) is 49.6 Å². The lowest BCUT2D eigenvalue weighted by molar-refractivity contribution is -0.136. The summed E-state index contributed by atoms with van der Waals surface area (Å²) in [4.78, 5) is 113. The van der Waals surface area contributed by atoms with Gasteiger partial charge in [0.15, 0.2) is 0 Å². The molecule has 288 valence electrons. The highest BCUT2D eigenvalue weighted by Crippen LogP contribution is 2.07. The zero-order chi connectivity index (χ0) is 39.4. The Morgan fingerprint density at radius 1 is 0.615 bits per heavy atom. The van der Waals surface area contributed by atoms with Gasteiger partial charge < -0.3 is 59.3 Å². The van der Waals surface area contributed by atoms with Crippen molar-refractivity contribution in [3.8, 4) is 0 Å². The van der Waals surface area contributed by atoms with Crippen molar-refractivity contribution < 1.29 is 53.4 Å². The number of carbonyl (C=O) groups is 9. The Hall–Kier alpha value is -5.28. The molecule has 0 bridgehead atoms. The number of hydrogen-bond donors (Lipinski definition) is 11. The summed E-state index contributed by atoms with van der Waals surface area (Å²) < 4.78 is 0. The van der Waals surface area contributed by atoms with E-state index in [9.17, 15) is 53.4 Å². The van der Waals surface area contributed by atoms with Crippen LogP contribution in [0, 0.1) is 0 Å². The molecular weight excluding hydrogens is 706 g/mol. The lowest BCUT2D eigenvalue weighted by Gasteiger charge is -2.26. The van der Waals surface area contributed by atoms with Crippen LogP contribution in [0.2, 0.25) is 0 Å². The Kier molecular flexibility index (Phi) is 20.0.